The van der Waals surface area contributed by atoms with E-state index in [4.69, 9.17) is 0 Å². The Hall–Kier alpha value is -1.47. The van der Waals surface area contributed by atoms with E-state index in [0.29, 0.717) is 18.3 Å². The van der Waals surface area contributed by atoms with Crippen molar-refractivity contribution in [1.29, 1.82) is 0 Å². The van der Waals surface area contributed by atoms with Crippen molar-refractivity contribution in [2.75, 3.05) is 33.7 Å². The summed E-state index contributed by atoms with van der Waals surface area (Å²) in [6.45, 7) is 6.71. The van der Waals surface area contributed by atoms with Crippen LogP contribution in [0.4, 0.5) is 0 Å². The lowest BCUT2D eigenvalue weighted by molar-refractivity contribution is 0.0914. The maximum absolute atomic E-state index is 12.2. The van der Waals surface area contributed by atoms with Crippen LogP contribution in [-0.2, 0) is 0 Å². The Morgan fingerprint density at radius 1 is 1.48 bits per heavy atom. The number of carbonyl (C=O) groups excluding carboxylic acids is 1. The standard InChI is InChI=1S/C14H26N6O/c1-14(2,19(3)4)10-16-13(21)12-9-20(18-17-12)11-5-7-15-8-6-11/h9,11,15H,5-8,10H2,1-4H3,(H,16,21). The average Bonchev–Trinajstić information content (AvgIpc) is 2.95. The normalized spacial score (nSPS) is 17.2. The van der Waals surface area contributed by atoms with Gasteiger partial charge < -0.3 is 15.5 Å². The van der Waals surface area contributed by atoms with E-state index in [1.54, 1.807) is 6.20 Å². The van der Waals surface area contributed by atoms with Gasteiger partial charge in [0.1, 0.15) is 0 Å². The molecule has 0 unspecified atom stereocenters. The Bertz CT molecular complexity index is 476. The predicted octanol–water partition coefficient (Wildman–Crippen LogP) is 0.273. The second kappa shape index (κ2) is 6.53. The molecule has 1 aliphatic heterocycles. The third kappa shape index (κ3) is 4.01. The summed E-state index contributed by atoms with van der Waals surface area (Å²) < 4.78 is 1.83. The minimum absolute atomic E-state index is 0.0965. The molecule has 0 saturated carbocycles. The minimum atomic E-state index is -0.162. The van der Waals surface area contributed by atoms with Crippen LogP contribution in [0.3, 0.4) is 0 Å². The van der Waals surface area contributed by atoms with Crippen molar-refractivity contribution >= 4 is 5.91 Å². The van der Waals surface area contributed by atoms with Gasteiger partial charge in [-0.05, 0) is 53.9 Å². The van der Waals surface area contributed by atoms with Gasteiger partial charge in [0.2, 0.25) is 0 Å². The number of hydrogen-bond acceptors (Lipinski definition) is 5. The Kier molecular flexibility index (Phi) is 4.95. The maximum Gasteiger partial charge on any atom is 0.273 e. The van der Waals surface area contributed by atoms with E-state index in [1.165, 1.54) is 0 Å². The van der Waals surface area contributed by atoms with Crippen LogP contribution in [0.2, 0.25) is 0 Å². The molecule has 2 N–H and O–H groups in total. The molecular weight excluding hydrogens is 268 g/mol. The molecule has 0 bridgehead atoms. The quantitative estimate of drug-likeness (QED) is 0.815. The van der Waals surface area contributed by atoms with E-state index in [0.717, 1.165) is 25.9 Å². The van der Waals surface area contributed by atoms with Crippen molar-refractivity contribution in [3.63, 3.8) is 0 Å². The molecule has 0 aliphatic carbocycles. The summed E-state index contributed by atoms with van der Waals surface area (Å²) in [6, 6.07) is 0.346. The van der Waals surface area contributed by atoms with Gasteiger partial charge in [0, 0.05) is 12.1 Å². The molecular formula is C14H26N6O. The molecule has 1 aromatic rings. The van der Waals surface area contributed by atoms with Gasteiger partial charge in [-0.3, -0.25) is 4.79 Å². The highest BCUT2D eigenvalue weighted by Gasteiger charge is 2.23. The van der Waals surface area contributed by atoms with Crippen molar-refractivity contribution in [2.45, 2.75) is 38.3 Å². The van der Waals surface area contributed by atoms with Crippen LogP contribution >= 0.6 is 0 Å². The zero-order valence-corrected chi connectivity index (χ0v) is 13.4. The molecule has 2 rings (SSSR count). The Morgan fingerprint density at radius 2 is 2.14 bits per heavy atom. The monoisotopic (exact) mass is 294 g/mol. The zero-order valence-electron chi connectivity index (χ0n) is 13.4. The Labute approximate surface area is 126 Å². The molecule has 118 valence electrons. The largest absolute Gasteiger partial charge is 0.349 e. The number of rotatable bonds is 5. The van der Waals surface area contributed by atoms with Crippen LogP contribution in [0.25, 0.3) is 0 Å². The first-order valence-electron chi connectivity index (χ1n) is 7.48. The fourth-order valence-electron chi connectivity index (χ4n) is 2.18. The van der Waals surface area contributed by atoms with Crippen LogP contribution in [0.1, 0.15) is 43.2 Å². The second-order valence-electron chi connectivity index (χ2n) is 6.45. The molecule has 0 radical (unpaired) electrons. The molecule has 2 heterocycles. The lowest BCUT2D eigenvalue weighted by Gasteiger charge is -2.32. The molecule has 21 heavy (non-hydrogen) atoms. The third-order valence-corrected chi connectivity index (χ3v) is 4.32. The van der Waals surface area contributed by atoms with Crippen LogP contribution in [-0.4, -0.2) is 65.1 Å². The van der Waals surface area contributed by atoms with Crippen molar-refractivity contribution < 1.29 is 4.79 Å². The second-order valence-corrected chi connectivity index (χ2v) is 6.45. The summed E-state index contributed by atoms with van der Waals surface area (Å²) in [5, 5.41) is 14.4. The highest BCUT2D eigenvalue weighted by atomic mass is 16.2. The minimum Gasteiger partial charge on any atom is -0.349 e. The number of piperidine rings is 1. The summed E-state index contributed by atoms with van der Waals surface area (Å²) in [5.41, 5.74) is 0.295. The zero-order chi connectivity index (χ0) is 15.5. The van der Waals surface area contributed by atoms with E-state index in [1.807, 2.05) is 18.8 Å². The van der Waals surface area contributed by atoms with Gasteiger partial charge >= 0.3 is 0 Å². The number of likely N-dealkylation sites (N-methyl/N-ethyl adjacent to an activating group) is 1. The summed E-state index contributed by atoms with van der Waals surface area (Å²) in [5.74, 6) is -0.162. The summed E-state index contributed by atoms with van der Waals surface area (Å²) >= 11 is 0. The fraction of sp³-hybridized carbons (Fsp3) is 0.786. The summed E-state index contributed by atoms with van der Waals surface area (Å²) in [7, 11) is 4.00. The molecule has 7 nitrogen and oxygen atoms in total. The first kappa shape index (κ1) is 15.9. The van der Waals surface area contributed by atoms with E-state index in [2.05, 4.69) is 39.7 Å². The Morgan fingerprint density at radius 3 is 2.76 bits per heavy atom. The third-order valence-electron chi connectivity index (χ3n) is 4.32. The van der Waals surface area contributed by atoms with Crippen molar-refractivity contribution in [1.82, 2.24) is 30.5 Å². The van der Waals surface area contributed by atoms with Gasteiger partial charge in [-0.25, -0.2) is 4.68 Å². The van der Waals surface area contributed by atoms with E-state index >= 15 is 0 Å². The number of hydrogen-bond donors (Lipinski definition) is 2. The molecule has 1 aromatic heterocycles. The van der Waals surface area contributed by atoms with E-state index in [9.17, 15) is 4.79 Å². The van der Waals surface area contributed by atoms with E-state index in [-0.39, 0.29) is 11.4 Å². The van der Waals surface area contributed by atoms with Gasteiger partial charge in [0.15, 0.2) is 5.69 Å². The van der Waals surface area contributed by atoms with Crippen molar-refractivity contribution in [3.8, 4) is 0 Å². The first-order chi connectivity index (χ1) is 9.90. The number of carbonyl (C=O) groups is 1. The number of nitrogens with one attached hydrogen (secondary N) is 2. The summed E-state index contributed by atoms with van der Waals surface area (Å²) in [4.78, 5) is 14.2. The van der Waals surface area contributed by atoms with Crippen molar-refractivity contribution in [3.05, 3.63) is 11.9 Å². The molecule has 0 spiro atoms. The maximum atomic E-state index is 12.2. The molecule has 1 aliphatic rings. The smallest absolute Gasteiger partial charge is 0.273 e. The number of aromatic nitrogens is 3. The predicted molar refractivity (Wildman–Crippen MR) is 81.3 cm³/mol. The first-order valence-corrected chi connectivity index (χ1v) is 7.48. The Balaban J connectivity index is 1.93. The van der Waals surface area contributed by atoms with Gasteiger partial charge in [-0.2, -0.15) is 0 Å². The lowest BCUT2D eigenvalue weighted by atomic mass is 10.0. The van der Waals surface area contributed by atoms with Gasteiger partial charge in [-0.15, -0.1) is 5.10 Å². The average molecular weight is 294 g/mol. The molecule has 7 heteroatoms. The highest BCUT2D eigenvalue weighted by Crippen LogP contribution is 2.17. The lowest BCUT2D eigenvalue weighted by Crippen LogP contribution is -2.48. The molecule has 0 atom stereocenters. The van der Waals surface area contributed by atoms with Crippen LogP contribution in [0.15, 0.2) is 6.20 Å². The topological polar surface area (TPSA) is 75.1 Å². The number of amides is 1. The SMILES string of the molecule is CN(C)C(C)(C)CNC(=O)c1cn(C2CCNCC2)nn1. The highest BCUT2D eigenvalue weighted by molar-refractivity contribution is 5.91. The van der Waals surface area contributed by atoms with Crippen LogP contribution in [0.5, 0.6) is 0 Å². The van der Waals surface area contributed by atoms with Crippen molar-refractivity contribution in [2.24, 2.45) is 0 Å². The van der Waals surface area contributed by atoms with Crippen LogP contribution in [0, 0.1) is 0 Å². The molecule has 0 aromatic carbocycles. The molecule has 1 saturated heterocycles. The van der Waals surface area contributed by atoms with Gasteiger partial charge in [0.05, 0.1) is 12.2 Å². The fourth-order valence-corrected chi connectivity index (χ4v) is 2.18. The van der Waals surface area contributed by atoms with Gasteiger partial charge in [-0.1, -0.05) is 5.21 Å². The molecule has 1 fully saturated rings. The summed E-state index contributed by atoms with van der Waals surface area (Å²) in [6.07, 6.45) is 3.81. The van der Waals surface area contributed by atoms with Gasteiger partial charge in [0.25, 0.3) is 5.91 Å². The molecule has 1 amide bonds. The van der Waals surface area contributed by atoms with Crippen LogP contribution < -0.4 is 10.6 Å². The van der Waals surface area contributed by atoms with E-state index < -0.39 is 0 Å². The number of nitrogens with zero attached hydrogens (tertiary/aromatic N) is 4.